The first-order chi connectivity index (χ1) is 13.9. The Morgan fingerprint density at radius 2 is 1.62 bits per heavy atom. The second-order valence-corrected chi connectivity index (χ2v) is 7.87. The van der Waals surface area contributed by atoms with Crippen LogP contribution in [0.1, 0.15) is 10.4 Å². The number of carbonyl (C=O) groups is 1. The summed E-state index contributed by atoms with van der Waals surface area (Å²) in [4.78, 5) is 21.9. The van der Waals surface area contributed by atoms with Gasteiger partial charge >= 0.3 is 0 Å². The fourth-order valence-electron chi connectivity index (χ4n) is 2.94. The number of rotatable bonds is 4. The number of hydrogen-bond acceptors (Lipinski definition) is 5. The Kier molecular flexibility index (Phi) is 4.79. The predicted molar refractivity (Wildman–Crippen MR) is 111 cm³/mol. The number of nitrogens with one attached hydrogen (secondary N) is 1. The Morgan fingerprint density at radius 3 is 2.31 bits per heavy atom. The summed E-state index contributed by atoms with van der Waals surface area (Å²) in [5, 5.41) is 8.59. The molecule has 0 radical (unpaired) electrons. The standard InChI is InChI=1S/C21H16N4O3S/c22-29(27,28)15-10-8-14(9-11-15)24-21(26)17-13-20(19-7-3-4-12-23-19)25-18-6-2-1-5-16(17)18/h1-13H,(H,24,26)(H2,22,27,28). The molecule has 0 atom stereocenters. The van der Waals surface area contributed by atoms with E-state index in [2.05, 4.69) is 15.3 Å². The minimum absolute atomic E-state index is 0.0256. The van der Waals surface area contributed by atoms with E-state index in [1.807, 2.05) is 42.5 Å². The van der Waals surface area contributed by atoms with Gasteiger partial charge in [-0.3, -0.25) is 9.78 Å². The summed E-state index contributed by atoms with van der Waals surface area (Å²) >= 11 is 0. The van der Waals surface area contributed by atoms with E-state index in [-0.39, 0.29) is 10.8 Å². The van der Waals surface area contributed by atoms with Crippen LogP contribution in [0.25, 0.3) is 22.3 Å². The first kappa shape index (κ1) is 18.7. The molecule has 4 rings (SSSR count). The molecule has 29 heavy (non-hydrogen) atoms. The number of para-hydroxylation sites is 1. The maximum Gasteiger partial charge on any atom is 0.256 e. The normalized spacial score (nSPS) is 11.3. The number of pyridine rings is 2. The van der Waals surface area contributed by atoms with Gasteiger partial charge in [-0.05, 0) is 48.5 Å². The molecule has 8 heteroatoms. The van der Waals surface area contributed by atoms with Crippen LogP contribution in [0.5, 0.6) is 0 Å². The quantitative estimate of drug-likeness (QED) is 0.542. The molecule has 0 bridgehead atoms. The molecule has 0 fully saturated rings. The number of nitrogens with two attached hydrogens (primary N) is 1. The Balaban J connectivity index is 1.73. The smallest absolute Gasteiger partial charge is 0.256 e. The molecule has 0 spiro atoms. The van der Waals surface area contributed by atoms with Gasteiger partial charge in [-0.1, -0.05) is 24.3 Å². The summed E-state index contributed by atoms with van der Waals surface area (Å²) < 4.78 is 22.8. The lowest BCUT2D eigenvalue weighted by Gasteiger charge is -2.10. The van der Waals surface area contributed by atoms with Crippen LogP contribution in [-0.4, -0.2) is 24.3 Å². The summed E-state index contributed by atoms with van der Waals surface area (Å²) in [7, 11) is -3.79. The van der Waals surface area contributed by atoms with Crippen molar-refractivity contribution in [1.29, 1.82) is 0 Å². The number of benzene rings is 2. The van der Waals surface area contributed by atoms with E-state index >= 15 is 0 Å². The van der Waals surface area contributed by atoms with Crippen molar-refractivity contribution >= 4 is 32.5 Å². The maximum atomic E-state index is 13.0. The molecule has 0 aliphatic rings. The van der Waals surface area contributed by atoms with Crippen molar-refractivity contribution in [2.75, 3.05) is 5.32 Å². The van der Waals surface area contributed by atoms with Gasteiger partial charge in [0.25, 0.3) is 5.91 Å². The average molecular weight is 404 g/mol. The molecule has 0 unspecified atom stereocenters. The van der Waals surface area contributed by atoms with Gasteiger partial charge in [-0.2, -0.15) is 0 Å². The summed E-state index contributed by atoms with van der Waals surface area (Å²) in [5.74, 6) is -0.343. The van der Waals surface area contributed by atoms with E-state index in [1.165, 1.54) is 24.3 Å². The number of amides is 1. The molecule has 0 saturated carbocycles. The Labute approximate surface area is 167 Å². The number of primary sulfonamides is 1. The lowest BCUT2D eigenvalue weighted by molar-refractivity contribution is 0.102. The van der Waals surface area contributed by atoms with Crippen LogP contribution in [0.3, 0.4) is 0 Å². The number of hydrogen-bond donors (Lipinski definition) is 2. The van der Waals surface area contributed by atoms with Crippen LogP contribution in [-0.2, 0) is 10.0 Å². The van der Waals surface area contributed by atoms with E-state index in [4.69, 9.17) is 5.14 Å². The first-order valence-electron chi connectivity index (χ1n) is 8.67. The monoisotopic (exact) mass is 404 g/mol. The van der Waals surface area contributed by atoms with E-state index in [0.29, 0.717) is 33.5 Å². The SMILES string of the molecule is NS(=O)(=O)c1ccc(NC(=O)c2cc(-c3ccccn3)nc3ccccc23)cc1. The summed E-state index contributed by atoms with van der Waals surface area (Å²) in [6.45, 7) is 0. The van der Waals surface area contributed by atoms with Crippen LogP contribution >= 0.6 is 0 Å². The average Bonchev–Trinajstić information content (AvgIpc) is 2.73. The zero-order chi connectivity index (χ0) is 20.4. The predicted octanol–water partition coefficient (Wildman–Crippen LogP) is 3.20. The van der Waals surface area contributed by atoms with Crippen molar-refractivity contribution < 1.29 is 13.2 Å². The van der Waals surface area contributed by atoms with Gasteiger partial charge in [-0.25, -0.2) is 18.5 Å². The van der Waals surface area contributed by atoms with Gasteiger partial charge in [-0.15, -0.1) is 0 Å². The summed E-state index contributed by atoms with van der Waals surface area (Å²) in [6.07, 6.45) is 1.67. The molecule has 0 saturated heterocycles. The van der Waals surface area contributed by atoms with Gasteiger partial charge in [0.2, 0.25) is 10.0 Å². The molecule has 7 nitrogen and oxygen atoms in total. The van der Waals surface area contributed by atoms with E-state index < -0.39 is 10.0 Å². The van der Waals surface area contributed by atoms with Crippen molar-refractivity contribution in [2.24, 2.45) is 5.14 Å². The Bertz CT molecular complexity index is 1310. The number of nitrogens with zero attached hydrogens (tertiary/aromatic N) is 2. The van der Waals surface area contributed by atoms with Crippen molar-refractivity contribution in [3.05, 3.63) is 84.6 Å². The summed E-state index contributed by atoms with van der Waals surface area (Å²) in [6, 6.07) is 20.2. The van der Waals surface area contributed by atoms with Gasteiger partial charge < -0.3 is 5.32 Å². The number of anilines is 1. The Hall–Kier alpha value is -3.62. The molecule has 144 valence electrons. The largest absolute Gasteiger partial charge is 0.322 e. The second kappa shape index (κ2) is 7.42. The fraction of sp³-hybridized carbons (Fsp3) is 0. The third-order valence-corrected chi connectivity index (χ3v) is 5.26. The number of aromatic nitrogens is 2. The lowest BCUT2D eigenvalue weighted by atomic mass is 10.1. The third-order valence-electron chi connectivity index (χ3n) is 4.33. The highest BCUT2D eigenvalue weighted by molar-refractivity contribution is 7.89. The van der Waals surface area contributed by atoms with Crippen LogP contribution in [0.4, 0.5) is 5.69 Å². The molecular weight excluding hydrogens is 388 g/mol. The van der Waals surface area contributed by atoms with Gasteiger partial charge in [0, 0.05) is 17.3 Å². The fourth-order valence-corrected chi connectivity index (χ4v) is 3.45. The van der Waals surface area contributed by atoms with Crippen LogP contribution < -0.4 is 10.5 Å². The van der Waals surface area contributed by atoms with Crippen LogP contribution in [0.15, 0.2) is 83.9 Å². The van der Waals surface area contributed by atoms with Crippen LogP contribution in [0, 0.1) is 0 Å². The Morgan fingerprint density at radius 1 is 0.897 bits per heavy atom. The molecule has 1 amide bonds. The van der Waals surface area contributed by atoms with E-state index in [9.17, 15) is 13.2 Å². The highest BCUT2D eigenvalue weighted by Gasteiger charge is 2.15. The highest BCUT2D eigenvalue weighted by atomic mass is 32.2. The van der Waals surface area contributed by atoms with Crippen molar-refractivity contribution in [2.45, 2.75) is 4.90 Å². The van der Waals surface area contributed by atoms with Gasteiger partial charge in [0.15, 0.2) is 0 Å². The maximum absolute atomic E-state index is 13.0. The molecule has 2 heterocycles. The zero-order valence-corrected chi connectivity index (χ0v) is 15.9. The minimum atomic E-state index is -3.79. The van der Waals surface area contributed by atoms with E-state index in [1.54, 1.807) is 12.3 Å². The van der Waals surface area contributed by atoms with Crippen molar-refractivity contribution in [1.82, 2.24) is 9.97 Å². The third kappa shape index (κ3) is 3.98. The molecule has 0 aliphatic carbocycles. The van der Waals surface area contributed by atoms with Crippen LogP contribution in [0.2, 0.25) is 0 Å². The number of carbonyl (C=O) groups excluding carboxylic acids is 1. The first-order valence-corrected chi connectivity index (χ1v) is 10.2. The molecule has 3 N–H and O–H groups in total. The lowest BCUT2D eigenvalue weighted by Crippen LogP contribution is -2.14. The molecule has 2 aromatic carbocycles. The minimum Gasteiger partial charge on any atom is -0.322 e. The molecule has 0 aliphatic heterocycles. The number of sulfonamides is 1. The topological polar surface area (TPSA) is 115 Å². The van der Waals surface area contributed by atoms with Gasteiger partial charge in [0.05, 0.1) is 27.4 Å². The molecule has 4 aromatic rings. The highest BCUT2D eigenvalue weighted by Crippen LogP contribution is 2.24. The summed E-state index contributed by atoms with van der Waals surface area (Å²) in [5.41, 5.74) is 2.80. The second-order valence-electron chi connectivity index (χ2n) is 6.31. The zero-order valence-electron chi connectivity index (χ0n) is 15.1. The molecular formula is C21H16N4O3S. The van der Waals surface area contributed by atoms with E-state index in [0.717, 1.165) is 0 Å². The van der Waals surface area contributed by atoms with Crippen molar-refractivity contribution in [3.8, 4) is 11.4 Å². The number of fused-ring (bicyclic) bond motifs is 1. The van der Waals surface area contributed by atoms with Gasteiger partial charge in [0.1, 0.15) is 0 Å². The molecule has 2 aromatic heterocycles. The van der Waals surface area contributed by atoms with Crippen molar-refractivity contribution in [3.63, 3.8) is 0 Å².